The van der Waals surface area contributed by atoms with E-state index in [1.807, 2.05) is 6.92 Å². The molecule has 1 aliphatic heterocycles. The normalized spacial score (nSPS) is 23.3. The first-order valence-electron chi connectivity index (χ1n) is 6.55. The van der Waals surface area contributed by atoms with Crippen LogP contribution in [0, 0.1) is 11.3 Å². The molecule has 0 aromatic rings. The van der Waals surface area contributed by atoms with Gasteiger partial charge in [-0.1, -0.05) is 26.3 Å². The van der Waals surface area contributed by atoms with Crippen LogP contribution >= 0.6 is 0 Å². The van der Waals surface area contributed by atoms with Crippen LogP contribution in [0.1, 0.15) is 33.1 Å². The largest absolute Gasteiger partial charge is 0.328 e. The summed E-state index contributed by atoms with van der Waals surface area (Å²) in [6.45, 7) is 7.17. The van der Waals surface area contributed by atoms with E-state index in [0.717, 1.165) is 6.42 Å². The van der Waals surface area contributed by atoms with Crippen LogP contribution in [-0.4, -0.2) is 17.8 Å². The summed E-state index contributed by atoms with van der Waals surface area (Å²) in [6, 6.07) is -1.24. The van der Waals surface area contributed by atoms with Gasteiger partial charge in [-0.15, -0.1) is 6.58 Å². The molecule has 1 atom stereocenters. The Bertz CT molecular complexity index is 401. The number of nitrogens with one attached hydrogen (secondary N) is 2. The molecule has 1 aliphatic rings. The number of allylic oxidation sites excluding steroid dienone is 1. The Hall–Kier alpha value is -1.65. The van der Waals surface area contributed by atoms with Crippen LogP contribution in [0.4, 0.5) is 4.79 Å². The van der Waals surface area contributed by atoms with E-state index in [0.29, 0.717) is 6.42 Å². The molecule has 0 bridgehead atoms. The quantitative estimate of drug-likeness (QED) is 0.562. The molecule has 5 nitrogen and oxygen atoms in total. The zero-order valence-electron chi connectivity index (χ0n) is 12.1. The Morgan fingerprint density at radius 1 is 1.41 bits per heavy atom. The van der Waals surface area contributed by atoms with Crippen LogP contribution in [0.5, 0.6) is 0 Å². The lowest BCUT2D eigenvalue weighted by Gasteiger charge is -2.37. The van der Waals surface area contributed by atoms with Gasteiger partial charge in [0.25, 0.3) is 0 Å². The smallest absolute Gasteiger partial charge is 0.277 e. The lowest BCUT2D eigenvalue weighted by Crippen LogP contribution is -2.64. The van der Waals surface area contributed by atoms with E-state index in [2.05, 4.69) is 6.58 Å². The zero-order chi connectivity index (χ0) is 14.8. The second kappa shape index (κ2) is 5.12. The van der Waals surface area contributed by atoms with Crippen molar-refractivity contribution in [2.24, 2.45) is 11.3 Å². The number of hydrogen-bond acceptors (Lipinski definition) is 3. The Morgan fingerprint density at radius 3 is 2.35 bits per heavy atom. The Morgan fingerprint density at radius 2 is 1.94 bits per heavy atom. The Kier molecular flexibility index (Phi) is 3.16. The van der Waals surface area contributed by atoms with Crippen LogP contribution in [0.15, 0.2) is 12.7 Å². The number of rotatable bonds is 5. The minimum atomic E-state index is -1.56. The predicted octanol–water partition coefficient (Wildman–Crippen LogP) is 1.35. The van der Waals surface area contributed by atoms with E-state index in [4.69, 9.17) is 2.82 Å². The van der Waals surface area contributed by atoms with Crippen molar-refractivity contribution in [2.45, 2.75) is 33.1 Å². The van der Waals surface area contributed by atoms with E-state index < -0.39 is 23.3 Å². The maximum atomic E-state index is 12.3. The molecule has 1 fully saturated rings. The summed E-state index contributed by atoms with van der Waals surface area (Å²) >= 11 is 0. The lowest BCUT2D eigenvalue weighted by molar-refractivity contribution is -0.148. The summed E-state index contributed by atoms with van der Waals surface area (Å²) in [7, 11) is 0. The summed E-state index contributed by atoms with van der Waals surface area (Å²) < 4.78 is 14.9. The zero-order valence-corrected chi connectivity index (χ0v) is 10.1. The van der Waals surface area contributed by atoms with E-state index in [1.54, 1.807) is 6.92 Å². The Balaban J connectivity index is 3.33. The topological polar surface area (TPSA) is 75.3 Å². The van der Waals surface area contributed by atoms with Crippen molar-refractivity contribution in [1.82, 2.24) is 10.6 Å². The molecule has 0 saturated carbocycles. The van der Waals surface area contributed by atoms with Crippen molar-refractivity contribution in [3.05, 3.63) is 12.7 Å². The Labute approximate surface area is 104 Å². The summed E-state index contributed by atoms with van der Waals surface area (Å²) in [4.78, 5) is 35.9. The average Bonchev–Trinajstić information content (AvgIpc) is 2.39. The number of barbiturate groups is 1. The molecule has 0 aromatic heterocycles. The molecule has 0 aliphatic carbocycles. The molecule has 5 heteroatoms. The molecular formula is C12H18N2O3. The minimum Gasteiger partial charge on any atom is -0.277 e. The predicted molar refractivity (Wildman–Crippen MR) is 63.0 cm³/mol. The molecule has 4 amide bonds. The van der Waals surface area contributed by atoms with Gasteiger partial charge in [0.05, 0.1) is 0 Å². The van der Waals surface area contributed by atoms with Crippen molar-refractivity contribution in [1.29, 1.82) is 0 Å². The van der Waals surface area contributed by atoms with Crippen molar-refractivity contribution >= 4 is 17.8 Å². The van der Waals surface area contributed by atoms with Crippen molar-refractivity contribution < 1.29 is 17.2 Å². The number of carbonyl (C=O) groups excluding carboxylic acids is 3. The van der Waals surface area contributed by atoms with E-state index >= 15 is 0 Å². The van der Waals surface area contributed by atoms with Gasteiger partial charge in [-0.25, -0.2) is 4.79 Å². The highest BCUT2D eigenvalue weighted by molar-refractivity contribution is 6.19. The standard InChI is InChI=1S/C12H18N2O3/c1-4-6-8(3)12(7-5-2)9(15)13-11(17)14-10(12)16/h5,8H,2,4,6-7H2,1,3H3,(H2,13,14,15,16,17)/i/hD2. The molecule has 17 heavy (non-hydrogen) atoms. The molecule has 94 valence electrons. The molecule has 1 unspecified atom stereocenters. The van der Waals surface area contributed by atoms with E-state index in [9.17, 15) is 14.4 Å². The van der Waals surface area contributed by atoms with Crippen LogP contribution in [0.2, 0.25) is 2.82 Å². The maximum Gasteiger partial charge on any atom is 0.328 e. The van der Waals surface area contributed by atoms with Crippen LogP contribution in [0.25, 0.3) is 0 Å². The number of hydrogen-bond donors (Lipinski definition) is 2. The molecule has 1 heterocycles. The lowest BCUT2D eigenvalue weighted by atomic mass is 9.69. The van der Waals surface area contributed by atoms with E-state index in [1.165, 1.54) is 6.08 Å². The number of urea groups is 1. The van der Waals surface area contributed by atoms with Gasteiger partial charge < -0.3 is 0 Å². The van der Waals surface area contributed by atoms with Crippen molar-refractivity contribution in [3.63, 3.8) is 0 Å². The molecule has 0 aromatic carbocycles. The van der Waals surface area contributed by atoms with Crippen LogP contribution in [0.3, 0.4) is 0 Å². The monoisotopic (exact) mass is 240 g/mol. The number of carbonyl (C=O) groups is 3. The fraction of sp³-hybridized carbons (Fsp3) is 0.583. The molecule has 0 radical (unpaired) electrons. The highest BCUT2D eigenvalue weighted by Crippen LogP contribution is 2.37. The van der Waals surface area contributed by atoms with Gasteiger partial charge >= 0.3 is 6.03 Å². The average molecular weight is 240 g/mol. The number of amides is 4. The maximum absolute atomic E-state index is 12.3. The highest BCUT2D eigenvalue weighted by atomic mass is 16.2. The highest BCUT2D eigenvalue weighted by Gasteiger charge is 2.52. The first-order chi connectivity index (χ1) is 8.84. The second-order valence-corrected chi connectivity index (χ2v) is 4.27. The van der Waals surface area contributed by atoms with E-state index in [-0.39, 0.29) is 23.0 Å². The fourth-order valence-corrected chi connectivity index (χ4v) is 2.19. The van der Waals surface area contributed by atoms with Crippen LogP contribution in [-0.2, 0) is 9.59 Å². The molecule has 1 saturated heterocycles. The second-order valence-electron chi connectivity index (χ2n) is 4.27. The molecular weight excluding hydrogens is 220 g/mol. The first kappa shape index (κ1) is 10.5. The van der Waals surface area contributed by atoms with Gasteiger partial charge in [0.15, 0.2) is 2.82 Å². The molecule has 2 N–H and O–H groups in total. The van der Waals surface area contributed by atoms with Gasteiger partial charge in [-0.05, 0) is 18.8 Å². The minimum absolute atomic E-state index is 0.0177. The number of imide groups is 2. The summed E-state index contributed by atoms with van der Waals surface area (Å²) in [5, 5.41) is 0.202. The third kappa shape index (κ3) is 2.23. The third-order valence-corrected chi connectivity index (χ3v) is 3.19. The van der Waals surface area contributed by atoms with Gasteiger partial charge in [-0.2, -0.15) is 0 Å². The summed E-state index contributed by atoms with van der Waals surface area (Å²) in [5.74, 6) is -2.11. The fourth-order valence-electron chi connectivity index (χ4n) is 2.19. The van der Waals surface area contributed by atoms with Gasteiger partial charge in [0.1, 0.15) is 5.41 Å². The first-order valence-corrected chi connectivity index (χ1v) is 5.66. The van der Waals surface area contributed by atoms with Gasteiger partial charge in [-0.3, -0.25) is 20.2 Å². The van der Waals surface area contributed by atoms with Gasteiger partial charge in [0, 0.05) is 0 Å². The van der Waals surface area contributed by atoms with Gasteiger partial charge in [0.2, 0.25) is 11.8 Å². The van der Waals surface area contributed by atoms with Crippen LogP contribution < -0.4 is 10.6 Å². The third-order valence-electron chi connectivity index (χ3n) is 3.19. The molecule has 1 rings (SSSR count). The summed E-state index contributed by atoms with van der Waals surface area (Å²) in [6.07, 6.45) is 2.77. The van der Waals surface area contributed by atoms with Crippen molar-refractivity contribution in [2.75, 3.05) is 0 Å². The SMILES string of the molecule is [2H]N1C(=O)N([2H])C(=O)C(CC=C)(C(C)CCC)C1=O. The molecule has 0 spiro atoms. The van der Waals surface area contributed by atoms with Crippen molar-refractivity contribution in [3.8, 4) is 0 Å². The summed E-state index contributed by atoms with van der Waals surface area (Å²) in [5.41, 5.74) is -1.56.